The Morgan fingerprint density at radius 1 is 1.17 bits per heavy atom. The van der Waals surface area contributed by atoms with Gasteiger partial charge in [0.1, 0.15) is 18.5 Å². The van der Waals surface area contributed by atoms with Crippen molar-refractivity contribution >= 4 is 40.0 Å². The second kappa shape index (κ2) is 12.3. The number of aryl methyl sites for hydroxylation is 1. The van der Waals surface area contributed by atoms with Gasteiger partial charge >= 0.3 is 5.97 Å². The molecular formula is C33H32O6S2. The molecular weight excluding hydrogens is 556 g/mol. The van der Waals surface area contributed by atoms with Crippen LogP contribution in [-0.2, 0) is 16.1 Å². The number of hydrogen-bond donors (Lipinski definition) is 4. The van der Waals surface area contributed by atoms with Crippen molar-refractivity contribution in [2.75, 3.05) is 6.61 Å². The molecule has 8 heteroatoms. The number of carboxylic acid groups (broad SMARTS) is 1. The number of thiophene rings is 1. The highest BCUT2D eigenvalue weighted by Gasteiger charge is 2.43. The Morgan fingerprint density at radius 2 is 1.95 bits per heavy atom. The van der Waals surface area contributed by atoms with Crippen LogP contribution < -0.4 is 4.74 Å². The van der Waals surface area contributed by atoms with Gasteiger partial charge in [-0.2, -0.15) is 0 Å². The average Bonchev–Trinajstić information content (AvgIpc) is 3.36. The van der Waals surface area contributed by atoms with E-state index in [4.69, 9.17) is 9.47 Å². The zero-order valence-electron chi connectivity index (χ0n) is 22.8. The van der Waals surface area contributed by atoms with Gasteiger partial charge in [-0.1, -0.05) is 42.3 Å². The number of aliphatic hydroxyl groups is 2. The van der Waals surface area contributed by atoms with Crippen molar-refractivity contribution in [3.63, 3.8) is 0 Å². The molecule has 4 atom stereocenters. The molecule has 3 N–H and O–H groups in total. The van der Waals surface area contributed by atoms with Crippen LogP contribution in [0.3, 0.4) is 0 Å². The number of carbonyl (C=O) groups is 1. The molecule has 3 aromatic carbocycles. The van der Waals surface area contributed by atoms with E-state index in [2.05, 4.69) is 67.1 Å². The van der Waals surface area contributed by atoms with Gasteiger partial charge in [0.15, 0.2) is 0 Å². The number of aliphatic hydroxyl groups excluding tert-OH is 1. The lowest BCUT2D eigenvalue weighted by Gasteiger charge is -2.38. The molecule has 0 saturated carbocycles. The first-order valence-electron chi connectivity index (χ1n) is 13.4. The summed E-state index contributed by atoms with van der Waals surface area (Å²) in [5, 5.41) is 31.5. The fraction of sp³-hybridized carbons (Fsp3) is 0.303. The predicted molar refractivity (Wildman–Crippen MR) is 164 cm³/mol. The van der Waals surface area contributed by atoms with Gasteiger partial charge in [0.25, 0.3) is 0 Å². The van der Waals surface area contributed by atoms with Crippen LogP contribution in [0.4, 0.5) is 0 Å². The normalized spacial score (nSPS) is 21.2. The van der Waals surface area contributed by atoms with Crippen molar-refractivity contribution in [3.8, 4) is 28.7 Å². The van der Waals surface area contributed by atoms with Crippen molar-refractivity contribution in [3.05, 3.63) is 88.3 Å². The maximum absolute atomic E-state index is 11.2. The predicted octanol–water partition coefficient (Wildman–Crippen LogP) is 6.48. The minimum atomic E-state index is -1.86. The van der Waals surface area contributed by atoms with Gasteiger partial charge in [0.2, 0.25) is 5.12 Å². The smallest absolute Gasteiger partial charge is 0.304 e. The first-order valence-corrected chi connectivity index (χ1v) is 14.7. The summed E-state index contributed by atoms with van der Waals surface area (Å²) in [7, 11) is 0. The number of hydrogen-bond acceptors (Lipinski definition) is 7. The first-order chi connectivity index (χ1) is 19.7. The van der Waals surface area contributed by atoms with E-state index >= 15 is 0 Å². The van der Waals surface area contributed by atoms with Crippen LogP contribution in [0.5, 0.6) is 5.75 Å². The Balaban J connectivity index is 1.33. The molecule has 1 fully saturated rings. The summed E-state index contributed by atoms with van der Waals surface area (Å²) >= 11 is 5.78. The van der Waals surface area contributed by atoms with E-state index in [9.17, 15) is 20.1 Å². The van der Waals surface area contributed by atoms with Gasteiger partial charge in [-0.05, 0) is 77.7 Å². The van der Waals surface area contributed by atoms with Crippen molar-refractivity contribution in [1.29, 1.82) is 0 Å². The number of rotatable bonds is 8. The standard InChI is InChI=1S/C33H32O6S2/c1-3-4-23(17-31(34)35)22-6-9-25(10-7-22)38-18-21-5-12-30-28(16-21)29(19-41-30)26-11-8-24(15-20(26)2)27-13-14-39-33(37,40)32(27)36/h5-12,15-16,19,23,27,32,36-37,40H,13-14,17-18H2,1-2H3,(H,34,35)/t23-,27-,32-,33-/m0/s1. The van der Waals surface area contributed by atoms with Gasteiger partial charge in [-0.15, -0.1) is 29.9 Å². The van der Waals surface area contributed by atoms with E-state index in [1.165, 1.54) is 4.70 Å². The van der Waals surface area contributed by atoms with E-state index in [-0.39, 0.29) is 18.3 Å². The zero-order valence-corrected chi connectivity index (χ0v) is 24.5. The zero-order chi connectivity index (χ0) is 29.1. The summed E-state index contributed by atoms with van der Waals surface area (Å²) in [6.07, 6.45) is -0.559. The number of benzene rings is 3. The Morgan fingerprint density at radius 3 is 2.66 bits per heavy atom. The van der Waals surface area contributed by atoms with Gasteiger partial charge in [0.05, 0.1) is 18.9 Å². The van der Waals surface area contributed by atoms with E-state index in [0.29, 0.717) is 25.4 Å². The van der Waals surface area contributed by atoms with E-state index < -0.39 is 17.2 Å². The Hall–Kier alpha value is -3.32. The number of aliphatic carboxylic acids is 1. The van der Waals surface area contributed by atoms with Crippen LogP contribution in [-0.4, -0.2) is 39.1 Å². The number of thiol groups is 1. The quantitative estimate of drug-likeness (QED) is 0.107. The van der Waals surface area contributed by atoms with Gasteiger partial charge in [-0.3, -0.25) is 4.79 Å². The summed E-state index contributed by atoms with van der Waals surface area (Å²) in [4.78, 5) is 11.2. The van der Waals surface area contributed by atoms with Crippen LogP contribution in [0.1, 0.15) is 53.9 Å². The SMILES string of the molecule is CC#C[C@@H](CC(=O)O)c1ccc(OCc2ccc3scc(-c4ccc([C@@H]5CCO[C@](O)(S)[C@H]5O)cc4C)c3c2)cc1. The van der Waals surface area contributed by atoms with E-state index in [1.54, 1.807) is 18.3 Å². The topological polar surface area (TPSA) is 96.2 Å². The molecule has 0 aliphatic carbocycles. The lowest BCUT2D eigenvalue weighted by molar-refractivity contribution is -0.218. The molecule has 0 bridgehead atoms. The molecule has 2 heterocycles. The lowest BCUT2D eigenvalue weighted by Crippen LogP contribution is -2.47. The molecule has 1 aliphatic rings. The van der Waals surface area contributed by atoms with E-state index in [1.807, 2.05) is 30.3 Å². The highest BCUT2D eigenvalue weighted by Crippen LogP contribution is 2.40. The summed E-state index contributed by atoms with van der Waals surface area (Å²) in [6.45, 7) is 4.49. The van der Waals surface area contributed by atoms with Crippen LogP contribution in [0, 0.1) is 18.8 Å². The fourth-order valence-electron chi connectivity index (χ4n) is 5.35. The molecule has 1 saturated heterocycles. The molecule has 0 unspecified atom stereocenters. The third kappa shape index (κ3) is 6.45. The summed E-state index contributed by atoms with van der Waals surface area (Å²) in [5.74, 6) is 4.99. The molecule has 0 radical (unpaired) electrons. The maximum Gasteiger partial charge on any atom is 0.304 e. The summed E-state index contributed by atoms with van der Waals surface area (Å²) < 4.78 is 12.5. The third-order valence-corrected chi connectivity index (χ3v) is 8.86. The Kier molecular flexibility index (Phi) is 8.74. The number of ether oxygens (including phenoxy) is 2. The Bertz CT molecular complexity index is 1610. The van der Waals surface area contributed by atoms with Gasteiger partial charge < -0.3 is 24.8 Å². The molecule has 6 nitrogen and oxygen atoms in total. The minimum Gasteiger partial charge on any atom is -0.489 e. The van der Waals surface area contributed by atoms with Crippen molar-refractivity contribution in [1.82, 2.24) is 0 Å². The second-order valence-corrected chi connectivity index (χ2v) is 11.9. The van der Waals surface area contributed by atoms with Crippen LogP contribution in [0.15, 0.2) is 66.0 Å². The van der Waals surface area contributed by atoms with Crippen LogP contribution >= 0.6 is 24.0 Å². The fourth-order valence-corrected chi connectivity index (χ4v) is 6.56. The van der Waals surface area contributed by atoms with Crippen molar-refractivity contribution in [2.24, 2.45) is 0 Å². The molecule has 41 heavy (non-hydrogen) atoms. The van der Waals surface area contributed by atoms with E-state index in [0.717, 1.165) is 38.8 Å². The lowest BCUT2D eigenvalue weighted by atomic mass is 9.86. The van der Waals surface area contributed by atoms with Crippen molar-refractivity contribution in [2.45, 2.75) is 56.4 Å². The van der Waals surface area contributed by atoms with Gasteiger partial charge in [-0.25, -0.2) is 0 Å². The average molecular weight is 589 g/mol. The molecule has 1 aliphatic heterocycles. The van der Waals surface area contributed by atoms with Crippen LogP contribution in [0.25, 0.3) is 21.2 Å². The first kappa shape index (κ1) is 29.2. The molecule has 0 amide bonds. The largest absolute Gasteiger partial charge is 0.489 e. The minimum absolute atomic E-state index is 0.0389. The molecule has 0 spiro atoms. The Labute approximate surface area is 249 Å². The highest BCUT2D eigenvalue weighted by atomic mass is 32.1. The molecule has 1 aromatic heterocycles. The molecule has 212 valence electrons. The second-order valence-electron chi connectivity index (χ2n) is 10.3. The maximum atomic E-state index is 11.2. The number of carboxylic acids is 1. The summed E-state index contributed by atoms with van der Waals surface area (Å²) in [5.41, 5.74) is 6.17. The third-order valence-electron chi connectivity index (χ3n) is 7.50. The van der Waals surface area contributed by atoms with Gasteiger partial charge in [0, 0.05) is 21.6 Å². The van der Waals surface area contributed by atoms with Crippen molar-refractivity contribution < 1.29 is 29.6 Å². The monoisotopic (exact) mass is 588 g/mol. The summed E-state index contributed by atoms with van der Waals surface area (Å²) in [6, 6.07) is 20.0. The highest BCUT2D eigenvalue weighted by molar-refractivity contribution is 7.81. The van der Waals surface area contributed by atoms with Crippen LogP contribution in [0.2, 0.25) is 0 Å². The number of fused-ring (bicyclic) bond motifs is 1. The molecule has 4 aromatic rings. The molecule has 5 rings (SSSR count).